The van der Waals surface area contributed by atoms with E-state index in [0.29, 0.717) is 23.8 Å². The van der Waals surface area contributed by atoms with Crippen LogP contribution in [0, 0.1) is 5.92 Å². The van der Waals surface area contributed by atoms with Crippen molar-refractivity contribution in [2.24, 2.45) is 18.7 Å². The number of anilines is 1. The van der Waals surface area contributed by atoms with Crippen LogP contribution in [-0.2, 0) is 11.8 Å². The van der Waals surface area contributed by atoms with Crippen molar-refractivity contribution in [2.75, 3.05) is 11.9 Å². The predicted octanol–water partition coefficient (Wildman–Crippen LogP) is 3.87. The van der Waals surface area contributed by atoms with Crippen LogP contribution in [0.25, 0.3) is 11.5 Å². The first kappa shape index (κ1) is 24.0. The van der Waals surface area contributed by atoms with E-state index in [1.807, 2.05) is 0 Å². The molecule has 1 aromatic carbocycles. The van der Waals surface area contributed by atoms with Gasteiger partial charge in [-0.25, -0.2) is 9.78 Å². The fraction of sp³-hybridized carbons (Fsp3) is 0.364. The van der Waals surface area contributed by atoms with E-state index in [1.165, 1.54) is 36.0 Å². The van der Waals surface area contributed by atoms with E-state index >= 15 is 0 Å². The number of aryl methyl sites for hydroxylation is 1. The number of hydrogen-bond acceptors (Lipinski definition) is 8. The number of alkyl halides is 2. The number of nitrogens with zero attached hydrogens (tertiary/aromatic N) is 3. The van der Waals surface area contributed by atoms with Crippen molar-refractivity contribution >= 4 is 17.7 Å². The molecule has 1 aliphatic carbocycles. The topological polar surface area (TPSA) is 144 Å². The van der Waals surface area contributed by atoms with Crippen molar-refractivity contribution in [1.82, 2.24) is 14.8 Å². The van der Waals surface area contributed by atoms with Crippen molar-refractivity contribution in [3.05, 3.63) is 42.0 Å². The summed E-state index contributed by atoms with van der Waals surface area (Å²) in [5, 5.41) is 6.61. The number of ether oxygens (including phenoxy) is 3. The fourth-order valence-corrected chi connectivity index (χ4v) is 3.24. The van der Waals surface area contributed by atoms with E-state index in [0.717, 1.165) is 12.8 Å². The molecule has 1 aliphatic rings. The molecule has 1 fully saturated rings. The number of benzene rings is 1. The predicted molar refractivity (Wildman–Crippen MR) is 117 cm³/mol. The fourth-order valence-electron chi connectivity index (χ4n) is 3.24. The summed E-state index contributed by atoms with van der Waals surface area (Å²) in [4.78, 5) is 28.5. The van der Waals surface area contributed by atoms with Crippen LogP contribution >= 0.6 is 0 Å². The Morgan fingerprint density at radius 1 is 1.31 bits per heavy atom. The molecular weight excluding hydrogens is 468 g/mol. The van der Waals surface area contributed by atoms with E-state index in [4.69, 9.17) is 19.6 Å². The minimum atomic E-state index is -3.04. The van der Waals surface area contributed by atoms with Crippen LogP contribution < -0.4 is 20.5 Å². The first-order valence-corrected chi connectivity index (χ1v) is 10.7. The smallest absolute Gasteiger partial charge is 0.405 e. The highest BCUT2D eigenvalue weighted by Crippen LogP contribution is 2.37. The molecule has 2 aromatic heterocycles. The van der Waals surface area contributed by atoms with Crippen molar-refractivity contribution in [3.8, 4) is 23.0 Å². The number of carbonyl (C=O) groups excluding carboxylic acids is 2. The monoisotopic (exact) mass is 491 g/mol. The Kier molecular flexibility index (Phi) is 6.85. The van der Waals surface area contributed by atoms with E-state index < -0.39 is 24.7 Å². The highest BCUT2D eigenvalue weighted by atomic mass is 19.3. The molecule has 0 radical (unpaired) electrons. The molecule has 2 amide bonds. The van der Waals surface area contributed by atoms with E-state index in [1.54, 1.807) is 13.2 Å². The lowest BCUT2D eigenvalue weighted by Gasteiger charge is -2.13. The molecule has 1 saturated carbocycles. The Labute approximate surface area is 198 Å². The zero-order valence-electron chi connectivity index (χ0n) is 18.9. The number of primary amides is 1. The quantitative estimate of drug-likeness (QED) is 0.435. The normalized spacial score (nSPS) is 14.0. The van der Waals surface area contributed by atoms with Gasteiger partial charge in [0.15, 0.2) is 29.1 Å². The van der Waals surface area contributed by atoms with Crippen LogP contribution in [0.5, 0.6) is 11.5 Å². The second-order valence-corrected chi connectivity index (χ2v) is 7.96. The summed E-state index contributed by atoms with van der Waals surface area (Å²) in [6.45, 7) is -1.23. The number of halogens is 2. The standard InChI is InChI=1S/C22H23F2N5O6/c1-11(33-22(25)31)18-17(19(30)27-14-8-26-29(2)9-14)28-20(35-18)13-5-6-15(34-21(23)24)16(7-13)32-10-12-3-4-12/h5-9,11-12,21H,3-4,10H2,1-2H3,(H2,25,31)(H,27,30). The van der Waals surface area contributed by atoms with Crippen LogP contribution in [0.4, 0.5) is 19.3 Å². The maximum absolute atomic E-state index is 12.9. The first-order valence-electron chi connectivity index (χ1n) is 10.7. The number of oxazole rings is 1. The molecule has 186 valence electrons. The third kappa shape index (κ3) is 6.05. The number of rotatable bonds is 10. The number of hydrogen-bond donors (Lipinski definition) is 2. The van der Waals surface area contributed by atoms with Gasteiger partial charge in [0.2, 0.25) is 5.89 Å². The molecular formula is C22H23F2N5O6. The lowest BCUT2D eigenvalue weighted by atomic mass is 10.2. The highest BCUT2D eigenvalue weighted by Gasteiger charge is 2.28. The van der Waals surface area contributed by atoms with Gasteiger partial charge in [-0.3, -0.25) is 9.48 Å². The number of nitrogens with two attached hydrogens (primary N) is 1. The van der Waals surface area contributed by atoms with Crippen molar-refractivity contribution in [1.29, 1.82) is 0 Å². The summed E-state index contributed by atoms with van der Waals surface area (Å²) in [5.74, 6) is -0.440. The molecule has 0 saturated heterocycles. The third-order valence-corrected chi connectivity index (χ3v) is 5.07. The summed E-state index contributed by atoms with van der Waals surface area (Å²) in [6, 6.07) is 4.16. The average molecular weight is 491 g/mol. The summed E-state index contributed by atoms with van der Waals surface area (Å²) >= 11 is 0. The zero-order chi connectivity index (χ0) is 25.1. The van der Waals surface area contributed by atoms with Crippen LogP contribution in [-0.4, -0.2) is 40.0 Å². The van der Waals surface area contributed by atoms with Gasteiger partial charge in [-0.15, -0.1) is 0 Å². The molecule has 1 atom stereocenters. The molecule has 2 heterocycles. The zero-order valence-corrected chi connectivity index (χ0v) is 18.9. The third-order valence-electron chi connectivity index (χ3n) is 5.07. The Bertz CT molecular complexity index is 1220. The average Bonchev–Trinajstić information content (AvgIpc) is 3.35. The summed E-state index contributed by atoms with van der Waals surface area (Å²) < 4.78 is 48.2. The van der Waals surface area contributed by atoms with Gasteiger partial charge in [-0.05, 0) is 43.9 Å². The number of carbonyl (C=O) groups is 2. The lowest BCUT2D eigenvalue weighted by molar-refractivity contribution is -0.0515. The Morgan fingerprint density at radius 3 is 2.71 bits per heavy atom. The van der Waals surface area contributed by atoms with Crippen molar-refractivity contribution in [3.63, 3.8) is 0 Å². The van der Waals surface area contributed by atoms with Crippen LogP contribution in [0.2, 0.25) is 0 Å². The van der Waals surface area contributed by atoms with E-state index in [9.17, 15) is 18.4 Å². The summed E-state index contributed by atoms with van der Waals surface area (Å²) in [7, 11) is 1.68. The molecule has 0 bridgehead atoms. The molecule has 1 unspecified atom stereocenters. The van der Waals surface area contributed by atoms with Crippen molar-refractivity contribution in [2.45, 2.75) is 32.5 Å². The Balaban J connectivity index is 1.68. The Morgan fingerprint density at radius 2 is 2.09 bits per heavy atom. The van der Waals surface area contributed by atoms with Crippen molar-refractivity contribution < 1.29 is 37.0 Å². The van der Waals surface area contributed by atoms with Gasteiger partial charge < -0.3 is 29.7 Å². The molecule has 13 heteroatoms. The van der Waals surface area contributed by atoms with E-state index in [-0.39, 0.29) is 28.8 Å². The van der Waals surface area contributed by atoms with Gasteiger partial charge in [-0.2, -0.15) is 13.9 Å². The highest BCUT2D eigenvalue weighted by molar-refractivity contribution is 6.03. The molecule has 35 heavy (non-hydrogen) atoms. The molecule has 3 aromatic rings. The number of nitrogens with one attached hydrogen (secondary N) is 1. The maximum atomic E-state index is 12.9. The largest absolute Gasteiger partial charge is 0.489 e. The second kappa shape index (κ2) is 9.99. The van der Waals surface area contributed by atoms with Crippen LogP contribution in [0.1, 0.15) is 42.1 Å². The molecule has 3 N–H and O–H groups in total. The summed E-state index contributed by atoms with van der Waals surface area (Å²) in [5.41, 5.74) is 5.68. The lowest BCUT2D eigenvalue weighted by Crippen LogP contribution is -2.19. The van der Waals surface area contributed by atoms with Gasteiger partial charge in [0.25, 0.3) is 5.91 Å². The number of amides is 2. The first-order chi connectivity index (χ1) is 16.7. The van der Waals surface area contributed by atoms with Gasteiger partial charge in [0, 0.05) is 18.8 Å². The maximum Gasteiger partial charge on any atom is 0.405 e. The molecule has 0 spiro atoms. The summed E-state index contributed by atoms with van der Waals surface area (Å²) in [6.07, 6.45) is 2.90. The van der Waals surface area contributed by atoms with Crippen LogP contribution in [0.3, 0.4) is 0 Å². The Hall–Kier alpha value is -4.16. The van der Waals surface area contributed by atoms with Gasteiger partial charge in [0.05, 0.1) is 18.5 Å². The van der Waals surface area contributed by atoms with Gasteiger partial charge in [0.1, 0.15) is 0 Å². The number of aromatic nitrogens is 3. The van der Waals surface area contributed by atoms with Gasteiger partial charge in [-0.1, -0.05) is 0 Å². The molecule has 0 aliphatic heterocycles. The van der Waals surface area contributed by atoms with Crippen LogP contribution in [0.15, 0.2) is 35.0 Å². The molecule has 11 nitrogen and oxygen atoms in total. The molecule has 4 rings (SSSR count). The van der Waals surface area contributed by atoms with E-state index in [2.05, 4.69) is 20.1 Å². The van der Waals surface area contributed by atoms with Gasteiger partial charge >= 0.3 is 12.7 Å². The second-order valence-electron chi connectivity index (χ2n) is 7.96. The SMILES string of the molecule is CC(OC(N)=O)c1oc(-c2ccc(OC(F)F)c(OCC3CC3)c2)nc1C(=O)Nc1cnn(C)c1. The minimum absolute atomic E-state index is 0.0314. The minimum Gasteiger partial charge on any atom is -0.489 e.